The summed E-state index contributed by atoms with van der Waals surface area (Å²) in [5.41, 5.74) is 3.31. The van der Waals surface area contributed by atoms with Gasteiger partial charge in [0.05, 0.1) is 13.2 Å². The standard InChI is InChI=1S/C20H22FNO2/c1-15-3-2-4-16(13-15)5-10-20(23)22-11-12-24-19(14-22)17-6-8-18(21)9-7-17/h2-4,6-9,13,19H,5,10-12,14H2,1H3. The second-order valence-corrected chi connectivity index (χ2v) is 6.24. The van der Waals surface area contributed by atoms with Gasteiger partial charge < -0.3 is 9.64 Å². The highest BCUT2D eigenvalue weighted by Crippen LogP contribution is 2.23. The number of aryl methyl sites for hydroxylation is 2. The number of halogens is 1. The number of hydrogen-bond acceptors (Lipinski definition) is 2. The first kappa shape index (κ1) is 16.7. The monoisotopic (exact) mass is 327 g/mol. The molecule has 1 aliphatic rings. The van der Waals surface area contributed by atoms with Crippen molar-refractivity contribution in [2.45, 2.75) is 25.9 Å². The molecule has 3 nitrogen and oxygen atoms in total. The quantitative estimate of drug-likeness (QED) is 0.857. The summed E-state index contributed by atoms with van der Waals surface area (Å²) in [5.74, 6) is -0.118. The number of amides is 1. The van der Waals surface area contributed by atoms with Crippen LogP contribution in [0, 0.1) is 12.7 Å². The fourth-order valence-corrected chi connectivity index (χ4v) is 3.03. The fraction of sp³-hybridized carbons (Fsp3) is 0.350. The molecule has 1 fully saturated rings. The van der Waals surface area contributed by atoms with Gasteiger partial charge in [0.2, 0.25) is 5.91 Å². The number of carbonyl (C=O) groups is 1. The minimum Gasteiger partial charge on any atom is -0.370 e. The molecule has 1 atom stereocenters. The van der Waals surface area contributed by atoms with Crippen LogP contribution in [0.5, 0.6) is 0 Å². The molecule has 0 saturated carbocycles. The average Bonchev–Trinajstić information content (AvgIpc) is 2.60. The van der Waals surface area contributed by atoms with E-state index < -0.39 is 0 Å². The summed E-state index contributed by atoms with van der Waals surface area (Å²) in [6.07, 6.45) is 1.07. The Morgan fingerprint density at radius 2 is 2.04 bits per heavy atom. The summed E-state index contributed by atoms with van der Waals surface area (Å²) in [5, 5.41) is 0. The van der Waals surface area contributed by atoms with Gasteiger partial charge in [-0.05, 0) is 36.6 Å². The molecule has 0 aliphatic carbocycles. The highest BCUT2D eigenvalue weighted by Gasteiger charge is 2.25. The molecule has 2 aromatic carbocycles. The van der Waals surface area contributed by atoms with E-state index in [1.54, 1.807) is 12.1 Å². The van der Waals surface area contributed by atoms with Crippen LogP contribution in [-0.4, -0.2) is 30.5 Å². The van der Waals surface area contributed by atoms with Crippen molar-refractivity contribution in [3.8, 4) is 0 Å². The van der Waals surface area contributed by atoms with Gasteiger partial charge in [0, 0.05) is 13.0 Å². The normalized spacial score (nSPS) is 17.8. The maximum absolute atomic E-state index is 13.0. The Bertz CT molecular complexity index is 699. The predicted molar refractivity (Wildman–Crippen MR) is 91.2 cm³/mol. The van der Waals surface area contributed by atoms with E-state index in [1.165, 1.54) is 23.3 Å². The molecule has 0 aromatic heterocycles. The average molecular weight is 327 g/mol. The van der Waals surface area contributed by atoms with Crippen LogP contribution in [0.4, 0.5) is 4.39 Å². The van der Waals surface area contributed by atoms with Crippen LogP contribution in [0.15, 0.2) is 48.5 Å². The largest absolute Gasteiger partial charge is 0.370 e. The van der Waals surface area contributed by atoms with Crippen LogP contribution in [0.25, 0.3) is 0 Å². The van der Waals surface area contributed by atoms with E-state index in [1.807, 2.05) is 11.0 Å². The molecule has 0 N–H and O–H groups in total. The van der Waals surface area contributed by atoms with Crippen LogP contribution >= 0.6 is 0 Å². The van der Waals surface area contributed by atoms with E-state index >= 15 is 0 Å². The number of morpholine rings is 1. The predicted octanol–water partition coefficient (Wildman–Crippen LogP) is 3.67. The summed E-state index contributed by atoms with van der Waals surface area (Å²) < 4.78 is 18.8. The number of hydrogen-bond donors (Lipinski definition) is 0. The van der Waals surface area contributed by atoms with Crippen LogP contribution in [0.2, 0.25) is 0 Å². The van der Waals surface area contributed by atoms with Gasteiger partial charge in [-0.1, -0.05) is 42.0 Å². The van der Waals surface area contributed by atoms with Gasteiger partial charge in [0.15, 0.2) is 0 Å². The van der Waals surface area contributed by atoms with E-state index in [0.29, 0.717) is 26.1 Å². The molecule has 126 valence electrons. The van der Waals surface area contributed by atoms with E-state index in [2.05, 4.69) is 25.1 Å². The van der Waals surface area contributed by atoms with Crippen molar-refractivity contribution < 1.29 is 13.9 Å². The molecule has 0 radical (unpaired) electrons. The van der Waals surface area contributed by atoms with Crippen molar-refractivity contribution in [3.05, 3.63) is 71.0 Å². The Kier molecular flexibility index (Phi) is 5.26. The third-order valence-corrected chi connectivity index (χ3v) is 4.37. The van der Waals surface area contributed by atoms with Gasteiger partial charge in [-0.25, -0.2) is 4.39 Å². The van der Waals surface area contributed by atoms with E-state index in [-0.39, 0.29) is 17.8 Å². The first-order valence-electron chi connectivity index (χ1n) is 8.32. The molecule has 1 heterocycles. The van der Waals surface area contributed by atoms with Crippen molar-refractivity contribution >= 4 is 5.91 Å². The summed E-state index contributed by atoms with van der Waals surface area (Å²) in [4.78, 5) is 14.4. The van der Waals surface area contributed by atoms with Crippen molar-refractivity contribution in [1.82, 2.24) is 4.90 Å². The fourth-order valence-electron chi connectivity index (χ4n) is 3.03. The molecule has 3 rings (SSSR count). The van der Waals surface area contributed by atoms with Gasteiger partial charge in [-0.15, -0.1) is 0 Å². The SMILES string of the molecule is Cc1cccc(CCC(=O)N2CCOC(c3ccc(F)cc3)C2)c1. The number of benzene rings is 2. The molecule has 1 saturated heterocycles. The molecule has 0 spiro atoms. The molecular formula is C20H22FNO2. The Labute approximate surface area is 142 Å². The zero-order chi connectivity index (χ0) is 16.9. The number of ether oxygens (including phenoxy) is 1. The van der Waals surface area contributed by atoms with Crippen molar-refractivity contribution in [2.24, 2.45) is 0 Å². The Morgan fingerprint density at radius 3 is 2.79 bits per heavy atom. The zero-order valence-corrected chi connectivity index (χ0v) is 13.9. The minimum absolute atomic E-state index is 0.145. The van der Waals surface area contributed by atoms with Gasteiger partial charge in [-0.3, -0.25) is 4.79 Å². The topological polar surface area (TPSA) is 29.5 Å². The maximum atomic E-state index is 13.0. The summed E-state index contributed by atoms with van der Waals surface area (Å²) in [6.45, 7) is 3.71. The Morgan fingerprint density at radius 1 is 1.25 bits per heavy atom. The molecule has 2 aromatic rings. The highest BCUT2D eigenvalue weighted by molar-refractivity contribution is 5.76. The lowest BCUT2D eigenvalue weighted by Gasteiger charge is -2.33. The first-order valence-corrected chi connectivity index (χ1v) is 8.32. The Balaban J connectivity index is 1.57. The second-order valence-electron chi connectivity index (χ2n) is 6.24. The van der Waals surface area contributed by atoms with Gasteiger partial charge in [-0.2, -0.15) is 0 Å². The number of nitrogens with zero attached hydrogens (tertiary/aromatic N) is 1. The number of rotatable bonds is 4. The van der Waals surface area contributed by atoms with Crippen LogP contribution < -0.4 is 0 Å². The summed E-state index contributed by atoms with van der Waals surface area (Å²) in [7, 11) is 0. The lowest BCUT2D eigenvalue weighted by atomic mass is 10.1. The summed E-state index contributed by atoms with van der Waals surface area (Å²) in [6, 6.07) is 14.6. The van der Waals surface area contributed by atoms with Gasteiger partial charge in [0.1, 0.15) is 11.9 Å². The van der Waals surface area contributed by atoms with Gasteiger partial charge in [0.25, 0.3) is 0 Å². The summed E-state index contributed by atoms with van der Waals surface area (Å²) >= 11 is 0. The molecular weight excluding hydrogens is 305 g/mol. The second kappa shape index (κ2) is 7.58. The molecule has 24 heavy (non-hydrogen) atoms. The lowest BCUT2D eigenvalue weighted by Crippen LogP contribution is -2.42. The van der Waals surface area contributed by atoms with Crippen LogP contribution in [0.3, 0.4) is 0 Å². The molecule has 0 bridgehead atoms. The van der Waals surface area contributed by atoms with Gasteiger partial charge >= 0.3 is 0 Å². The first-order chi connectivity index (χ1) is 11.6. The van der Waals surface area contributed by atoms with Crippen LogP contribution in [0.1, 0.15) is 29.2 Å². The van der Waals surface area contributed by atoms with E-state index in [0.717, 1.165) is 12.0 Å². The molecule has 1 unspecified atom stereocenters. The molecule has 4 heteroatoms. The third-order valence-electron chi connectivity index (χ3n) is 4.37. The maximum Gasteiger partial charge on any atom is 0.223 e. The van der Waals surface area contributed by atoms with E-state index in [9.17, 15) is 9.18 Å². The Hall–Kier alpha value is -2.20. The van der Waals surface area contributed by atoms with Crippen molar-refractivity contribution in [3.63, 3.8) is 0 Å². The highest BCUT2D eigenvalue weighted by atomic mass is 19.1. The van der Waals surface area contributed by atoms with E-state index in [4.69, 9.17) is 4.74 Å². The molecule has 1 amide bonds. The third kappa shape index (κ3) is 4.20. The number of carbonyl (C=O) groups excluding carboxylic acids is 1. The minimum atomic E-state index is -0.263. The zero-order valence-electron chi connectivity index (χ0n) is 13.9. The lowest BCUT2D eigenvalue weighted by molar-refractivity contribution is -0.139. The van der Waals surface area contributed by atoms with Crippen molar-refractivity contribution in [1.29, 1.82) is 0 Å². The smallest absolute Gasteiger partial charge is 0.223 e. The van der Waals surface area contributed by atoms with Crippen LogP contribution in [-0.2, 0) is 16.0 Å². The molecule has 1 aliphatic heterocycles. The van der Waals surface area contributed by atoms with Crippen molar-refractivity contribution in [2.75, 3.05) is 19.7 Å².